The zero-order valence-electron chi connectivity index (χ0n) is 15.9. The number of nitrogens with zero attached hydrogens (tertiary/aromatic N) is 2. The van der Waals surface area contributed by atoms with E-state index in [4.69, 9.17) is 19.9 Å². The van der Waals surface area contributed by atoms with E-state index in [0.29, 0.717) is 30.4 Å². The summed E-state index contributed by atoms with van der Waals surface area (Å²) in [6, 6.07) is 19.7. The van der Waals surface area contributed by atoms with Gasteiger partial charge in [-0.25, -0.2) is 0 Å². The van der Waals surface area contributed by atoms with Crippen LogP contribution >= 0.6 is 0 Å². The number of allylic oxidation sites excluding steroid dienone is 1. The summed E-state index contributed by atoms with van der Waals surface area (Å²) in [6.45, 7) is 0.708. The molecule has 2 heterocycles. The number of hydrogen-bond acceptors (Lipinski definition) is 6. The molecule has 29 heavy (non-hydrogen) atoms. The highest BCUT2D eigenvalue weighted by Gasteiger charge is 2.36. The Morgan fingerprint density at radius 2 is 1.90 bits per heavy atom. The lowest BCUT2D eigenvalue weighted by molar-refractivity contribution is 0.180. The predicted molar refractivity (Wildman–Crippen MR) is 106 cm³/mol. The molecule has 0 saturated carbocycles. The number of benzene rings is 2. The van der Waals surface area contributed by atoms with Crippen LogP contribution in [0.5, 0.6) is 11.6 Å². The molecule has 0 spiro atoms. The minimum Gasteiger partial charge on any atom is -0.489 e. The number of aromatic nitrogens is 2. The van der Waals surface area contributed by atoms with Crippen molar-refractivity contribution in [2.75, 3.05) is 7.11 Å². The van der Waals surface area contributed by atoms with Crippen molar-refractivity contribution in [1.82, 2.24) is 10.2 Å². The molecule has 4 rings (SSSR count). The first kappa shape index (κ1) is 18.6. The normalized spacial score (nSPS) is 15.4. The molecule has 0 fully saturated rings. The molecule has 0 amide bonds. The second-order valence-corrected chi connectivity index (χ2v) is 6.59. The molecule has 1 aliphatic rings. The van der Waals surface area contributed by atoms with Gasteiger partial charge in [-0.05, 0) is 11.6 Å². The number of methoxy groups -OCH3 is 1. The minimum absolute atomic E-state index is 0.0401. The van der Waals surface area contributed by atoms with Crippen molar-refractivity contribution in [3.05, 3.63) is 88.4 Å². The molecule has 0 radical (unpaired) electrons. The first-order valence-electron chi connectivity index (χ1n) is 9.12. The molecule has 1 aromatic heterocycles. The Morgan fingerprint density at radius 3 is 2.66 bits per heavy atom. The van der Waals surface area contributed by atoms with Gasteiger partial charge in [0.15, 0.2) is 0 Å². The summed E-state index contributed by atoms with van der Waals surface area (Å²) in [7, 11) is 1.60. The number of ether oxygens (including phenoxy) is 3. The number of hydrogen-bond donors (Lipinski definition) is 2. The second-order valence-electron chi connectivity index (χ2n) is 6.59. The number of para-hydroxylation sites is 1. The van der Waals surface area contributed by atoms with E-state index in [9.17, 15) is 5.26 Å². The molecule has 3 N–H and O–H groups in total. The van der Waals surface area contributed by atoms with Crippen LogP contribution in [0.3, 0.4) is 0 Å². The van der Waals surface area contributed by atoms with E-state index in [1.165, 1.54) is 0 Å². The van der Waals surface area contributed by atoms with Crippen LogP contribution in [0.4, 0.5) is 0 Å². The van der Waals surface area contributed by atoms with Gasteiger partial charge in [-0.1, -0.05) is 48.5 Å². The number of H-pyrrole nitrogens is 1. The molecule has 7 heteroatoms. The van der Waals surface area contributed by atoms with E-state index >= 15 is 0 Å². The number of rotatable bonds is 6. The van der Waals surface area contributed by atoms with Crippen molar-refractivity contribution >= 4 is 0 Å². The predicted octanol–water partition coefficient (Wildman–Crippen LogP) is 3.35. The summed E-state index contributed by atoms with van der Waals surface area (Å²) in [5.41, 5.74) is 9.67. The van der Waals surface area contributed by atoms with Crippen molar-refractivity contribution in [2.45, 2.75) is 19.1 Å². The summed E-state index contributed by atoms with van der Waals surface area (Å²) in [5.74, 6) is 0.577. The molecule has 1 atom stereocenters. The molecule has 146 valence electrons. The largest absolute Gasteiger partial charge is 0.489 e. The molecule has 1 aliphatic heterocycles. The third-order valence-corrected chi connectivity index (χ3v) is 4.77. The third-order valence-electron chi connectivity index (χ3n) is 4.77. The molecule has 0 bridgehead atoms. The molecule has 3 aromatic rings. The van der Waals surface area contributed by atoms with Crippen molar-refractivity contribution in [3.8, 4) is 17.7 Å². The Morgan fingerprint density at radius 1 is 1.14 bits per heavy atom. The zero-order valence-corrected chi connectivity index (χ0v) is 15.9. The van der Waals surface area contributed by atoms with Crippen LogP contribution in [0.25, 0.3) is 0 Å². The van der Waals surface area contributed by atoms with Crippen molar-refractivity contribution in [2.24, 2.45) is 5.73 Å². The Kier molecular flexibility index (Phi) is 5.18. The standard InChI is InChI=1S/C22H20N4O3/c1-27-13-17-20-19(16(11-23)21(24)29-22(20)26-25-17)15-9-5-6-10-18(15)28-12-14-7-3-2-4-8-14/h2-10,19H,12-13,24H2,1H3,(H,25,26). The first-order chi connectivity index (χ1) is 14.2. The van der Waals surface area contributed by atoms with Gasteiger partial charge in [0.1, 0.15) is 24.0 Å². The highest BCUT2D eigenvalue weighted by atomic mass is 16.5. The Hall–Kier alpha value is -3.76. The summed E-state index contributed by atoms with van der Waals surface area (Å²) in [4.78, 5) is 0. The quantitative estimate of drug-likeness (QED) is 0.671. The monoisotopic (exact) mass is 388 g/mol. The molecular weight excluding hydrogens is 368 g/mol. The smallest absolute Gasteiger partial charge is 0.244 e. The second kappa shape index (κ2) is 8.09. The van der Waals surface area contributed by atoms with Crippen LogP contribution in [0.15, 0.2) is 66.1 Å². The molecule has 1 unspecified atom stereocenters. The number of nitrogens with one attached hydrogen (secondary N) is 1. The zero-order chi connectivity index (χ0) is 20.2. The van der Waals surface area contributed by atoms with Crippen LogP contribution < -0.4 is 15.2 Å². The molecule has 7 nitrogen and oxygen atoms in total. The fourth-order valence-electron chi connectivity index (χ4n) is 3.46. The molecule has 2 aromatic carbocycles. The summed E-state index contributed by atoms with van der Waals surface area (Å²) in [5, 5.41) is 16.9. The van der Waals surface area contributed by atoms with E-state index in [2.05, 4.69) is 16.3 Å². The van der Waals surface area contributed by atoms with Gasteiger partial charge in [0.05, 0.1) is 23.8 Å². The highest BCUT2D eigenvalue weighted by Crippen LogP contribution is 2.45. The van der Waals surface area contributed by atoms with Gasteiger partial charge in [0.2, 0.25) is 11.8 Å². The van der Waals surface area contributed by atoms with Crippen LogP contribution in [0, 0.1) is 11.3 Å². The number of aromatic amines is 1. The number of nitrogens with two attached hydrogens (primary N) is 1. The topological polar surface area (TPSA) is 106 Å². The highest BCUT2D eigenvalue weighted by molar-refractivity contribution is 5.58. The Labute approximate surface area is 168 Å². The van der Waals surface area contributed by atoms with Gasteiger partial charge in [-0.15, -0.1) is 5.10 Å². The average molecular weight is 388 g/mol. The van der Waals surface area contributed by atoms with Crippen molar-refractivity contribution in [1.29, 1.82) is 5.26 Å². The maximum atomic E-state index is 9.81. The lowest BCUT2D eigenvalue weighted by Gasteiger charge is -2.25. The molecular formula is C22H20N4O3. The Balaban J connectivity index is 1.77. The maximum absolute atomic E-state index is 9.81. The third kappa shape index (κ3) is 3.53. The summed E-state index contributed by atoms with van der Waals surface area (Å²) >= 11 is 0. The van der Waals surface area contributed by atoms with Crippen LogP contribution in [-0.2, 0) is 18.0 Å². The van der Waals surface area contributed by atoms with Gasteiger partial charge < -0.3 is 19.9 Å². The SMILES string of the molecule is COCc1[nH]nc2c1C(c1ccccc1OCc1ccccc1)C(C#N)=C(N)O2. The van der Waals surface area contributed by atoms with Crippen LogP contribution in [0.1, 0.15) is 28.3 Å². The van der Waals surface area contributed by atoms with Gasteiger partial charge >= 0.3 is 0 Å². The van der Waals surface area contributed by atoms with Gasteiger partial charge in [-0.3, -0.25) is 5.10 Å². The van der Waals surface area contributed by atoms with Crippen molar-refractivity contribution in [3.63, 3.8) is 0 Å². The fourth-order valence-corrected chi connectivity index (χ4v) is 3.46. The van der Waals surface area contributed by atoms with Crippen molar-refractivity contribution < 1.29 is 14.2 Å². The average Bonchev–Trinajstić information content (AvgIpc) is 3.14. The van der Waals surface area contributed by atoms with E-state index in [1.807, 2.05) is 54.6 Å². The first-order valence-corrected chi connectivity index (χ1v) is 9.12. The van der Waals surface area contributed by atoms with Crippen LogP contribution in [0.2, 0.25) is 0 Å². The number of fused-ring (bicyclic) bond motifs is 1. The van der Waals surface area contributed by atoms with Crippen LogP contribution in [-0.4, -0.2) is 17.3 Å². The van der Waals surface area contributed by atoms with E-state index < -0.39 is 5.92 Å². The number of nitriles is 1. The van der Waals surface area contributed by atoms with Gasteiger partial charge in [0, 0.05) is 12.7 Å². The van der Waals surface area contributed by atoms with E-state index in [1.54, 1.807) is 7.11 Å². The van der Waals surface area contributed by atoms with E-state index in [0.717, 1.165) is 22.4 Å². The minimum atomic E-state index is -0.473. The lowest BCUT2D eigenvalue weighted by Crippen LogP contribution is -2.21. The maximum Gasteiger partial charge on any atom is 0.244 e. The summed E-state index contributed by atoms with van der Waals surface area (Å²) in [6.07, 6.45) is 0. The summed E-state index contributed by atoms with van der Waals surface area (Å²) < 4.78 is 17.0. The lowest BCUT2D eigenvalue weighted by atomic mass is 9.83. The van der Waals surface area contributed by atoms with E-state index in [-0.39, 0.29) is 5.88 Å². The Bertz CT molecular complexity index is 1080. The fraction of sp³-hybridized carbons (Fsp3) is 0.182. The molecule has 0 saturated heterocycles. The van der Waals surface area contributed by atoms with Gasteiger partial charge in [0.25, 0.3) is 0 Å². The molecule has 0 aliphatic carbocycles. The van der Waals surface area contributed by atoms with Gasteiger partial charge in [-0.2, -0.15) is 5.26 Å².